The van der Waals surface area contributed by atoms with Crippen molar-refractivity contribution in [3.63, 3.8) is 0 Å². The average Bonchev–Trinajstić information content (AvgIpc) is 2.86. The van der Waals surface area contributed by atoms with Gasteiger partial charge in [-0.15, -0.1) is 0 Å². The summed E-state index contributed by atoms with van der Waals surface area (Å²) in [6.07, 6.45) is 20.2. The first kappa shape index (κ1) is 25.1. The molecule has 0 atom stereocenters. The van der Waals surface area contributed by atoms with E-state index in [1.54, 1.807) is 0 Å². The van der Waals surface area contributed by atoms with Crippen molar-refractivity contribution < 1.29 is 4.74 Å². The summed E-state index contributed by atoms with van der Waals surface area (Å²) in [6.45, 7) is 4.37. The van der Waals surface area contributed by atoms with E-state index in [1.165, 1.54) is 95.5 Å². The van der Waals surface area contributed by atoms with E-state index < -0.39 is 0 Å². The van der Waals surface area contributed by atoms with Crippen molar-refractivity contribution in [2.45, 2.75) is 104 Å². The summed E-state index contributed by atoms with van der Waals surface area (Å²) < 4.78 is 5.99. The molecular weight excluding hydrogens is 414 g/mol. The lowest BCUT2D eigenvalue weighted by atomic mass is 9.68. The summed E-state index contributed by atoms with van der Waals surface area (Å²) in [4.78, 5) is 0. The number of aryl methyl sites for hydroxylation is 2. The fourth-order valence-corrected chi connectivity index (χ4v) is 6.56. The highest BCUT2D eigenvalue weighted by molar-refractivity contribution is 5.55. The van der Waals surface area contributed by atoms with Gasteiger partial charge >= 0.3 is 0 Å². The quantitative estimate of drug-likeness (QED) is 0.282. The monoisotopic (exact) mass is 461 g/mol. The van der Waals surface area contributed by atoms with Crippen LogP contribution in [0.25, 0.3) is 0 Å². The molecule has 0 heterocycles. The molecule has 2 N–H and O–H groups in total. The van der Waals surface area contributed by atoms with Gasteiger partial charge in [0.2, 0.25) is 0 Å². The fraction of sp³-hybridized carbons (Fsp3) is 0.625. The molecule has 0 saturated heterocycles. The molecule has 2 fully saturated rings. The predicted molar refractivity (Wildman–Crippen MR) is 145 cm³/mol. The van der Waals surface area contributed by atoms with Gasteiger partial charge in [0.25, 0.3) is 0 Å². The van der Waals surface area contributed by atoms with Gasteiger partial charge < -0.3 is 10.5 Å². The smallest absolute Gasteiger partial charge is 0.150 e. The maximum absolute atomic E-state index is 6.09. The Morgan fingerprint density at radius 1 is 0.765 bits per heavy atom. The van der Waals surface area contributed by atoms with E-state index in [4.69, 9.17) is 10.5 Å². The van der Waals surface area contributed by atoms with Gasteiger partial charge in [0, 0.05) is 0 Å². The minimum atomic E-state index is 0.694. The molecule has 2 saturated carbocycles. The number of rotatable bonds is 10. The number of hydrogen-bond acceptors (Lipinski definition) is 2. The van der Waals surface area contributed by atoms with Crippen molar-refractivity contribution >= 4 is 5.69 Å². The van der Waals surface area contributed by atoms with Gasteiger partial charge in [-0.2, -0.15) is 0 Å². The fourth-order valence-electron chi connectivity index (χ4n) is 6.56. The summed E-state index contributed by atoms with van der Waals surface area (Å²) in [5.41, 5.74) is 9.36. The zero-order valence-corrected chi connectivity index (χ0v) is 21.7. The standard InChI is InChI=1S/C32H47NO/c1-3-4-5-6-25-10-16-28(17-11-25)29-18-12-26(13-19-29)8-9-27-14-20-30(21-15-27)34-32-22-7-24(2)23-31(32)33/h7,14-15,20-23,25-26,28-29H,3-6,8-13,16-19,33H2,1-2H3. The summed E-state index contributed by atoms with van der Waals surface area (Å²) in [6, 6.07) is 14.6. The lowest BCUT2D eigenvalue weighted by Gasteiger charge is -2.38. The first-order valence-corrected chi connectivity index (χ1v) is 14.2. The molecule has 2 aromatic carbocycles. The number of hydrogen-bond donors (Lipinski definition) is 1. The number of nitrogens with two attached hydrogens (primary N) is 1. The molecule has 0 aromatic heterocycles. The van der Waals surface area contributed by atoms with Crippen molar-refractivity contribution in [2.75, 3.05) is 5.73 Å². The lowest BCUT2D eigenvalue weighted by Crippen LogP contribution is -2.26. The van der Waals surface area contributed by atoms with Gasteiger partial charge in [-0.25, -0.2) is 0 Å². The second-order valence-electron chi connectivity index (χ2n) is 11.4. The molecule has 0 radical (unpaired) electrons. The highest BCUT2D eigenvalue weighted by atomic mass is 16.5. The summed E-state index contributed by atoms with van der Waals surface area (Å²) in [5, 5.41) is 0. The first-order chi connectivity index (χ1) is 16.6. The maximum atomic E-state index is 6.09. The normalized spacial score (nSPS) is 25.2. The second-order valence-corrected chi connectivity index (χ2v) is 11.4. The Hall–Kier alpha value is -1.96. The van der Waals surface area contributed by atoms with Crippen LogP contribution < -0.4 is 10.5 Å². The van der Waals surface area contributed by atoms with Crippen LogP contribution >= 0.6 is 0 Å². The Labute approximate surface area is 208 Å². The van der Waals surface area contributed by atoms with E-state index in [2.05, 4.69) is 31.2 Å². The van der Waals surface area contributed by atoms with Crippen LogP contribution in [0.4, 0.5) is 5.69 Å². The van der Waals surface area contributed by atoms with E-state index in [0.717, 1.165) is 40.7 Å². The largest absolute Gasteiger partial charge is 0.455 e. The van der Waals surface area contributed by atoms with Crippen LogP contribution in [0.3, 0.4) is 0 Å². The van der Waals surface area contributed by atoms with Crippen LogP contribution in [0, 0.1) is 30.6 Å². The molecule has 0 aliphatic heterocycles. The number of nitrogen functional groups attached to an aromatic ring is 1. The third-order valence-corrected chi connectivity index (χ3v) is 8.82. The first-order valence-electron chi connectivity index (χ1n) is 14.2. The van der Waals surface area contributed by atoms with E-state index in [9.17, 15) is 0 Å². The predicted octanol–water partition coefficient (Wildman–Crippen LogP) is 9.50. The number of benzene rings is 2. The molecule has 0 spiro atoms. The van der Waals surface area contributed by atoms with E-state index in [0.29, 0.717) is 5.69 Å². The second kappa shape index (κ2) is 12.7. The SMILES string of the molecule is CCCCCC1CCC(C2CCC(CCc3ccc(Oc4ccc(C)cc4N)cc3)CC2)CC1. The topological polar surface area (TPSA) is 35.2 Å². The lowest BCUT2D eigenvalue weighted by molar-refractivity contribution is 0.140. The third-order valence-electron chi connectivity index (χ3n) is 8.82. The van der Waals surface area contributed by atoms with Crippen LogP contribution in [0.1, 0.15) is 102 Å². The molecule has 0 amide bonds. The molecule has 34 heavy (non-hydrogen) atoms. The van der Waals surface area contributed by atoms with Crippen LogP contribution in [0.5, 0.6) is 11.5 Å². The molecule has 0 unspecified atom stereocenters. The Balaban J connectivity index is 1.15. The Bertz CT molecular complexity index is 857. The van der Waals surface area contributed by atoms with Gasteiger partial charge in [-0.05, 0) is 105 Å². The Kier molecular flexibility index (Phi) is 9.36. The van der Waals surface area contributed by atoms with Crippen molar-refractivity contribution in [3.05, 3.63) is 53.6 Å². The number of anilines is 1. The Morgan fingerprint density at radius 2 is 1.38 bits per heavy atom. The number of ether oxygens (including phenoxy) is 1. The van der Waals surface area contributed by atoms with Crippen molar-refractivity contribution in [3.8, 4) is 11.5 Å². The highest BCUT2D eigenvalue weighted by Crippen LogP contribution is 2.43. The van der Waals surface area contributed by atoms with Gasteiger partial charge in [0.1, 0.15) is 11.5 Å². The van der Waals surface area contributed by atoms with Gasteiger partial charge in [-0.3, -0.25) is 0 Å². The molecule has 2 heteroatoms. The molecule has 186 valence electrons. The third kappa shape index (κ3) is 7.27. The molecule has 4 rings (SSSR count). The average molecular weight is 462 g/mol. The summed E-state index contributed by atoms with van der Waals surface area (Å²) >= 11 is 0. The molecular formula is C32H47NO. The van der Waals surface area contributed by atoms with Gasteiger partial charge in [-0.1, -0.05) is 76.5 Å². The van der Waals surface area contributed by atoms with Crippen molar-refractivity contribution in [1.82, 2.24) is 0 Å². The summed E-state index contributed by atoms with van der Waals surface area (Å²) in [7, 11) is 0. The van der Waals surface area contributed by atoms with Crippen LogP contribution in [-0.2, 0) is 6.42 Å². The van der Waals surface area contributed by atoms with E-state index >= 15 is 0 Å². The summed E-state index contributed by atoms with van der Waals surface area (Å²) in [5.74, 6) is 5.63. The zero-order valence-electron chi connectivity index (χ0n) is 21.7. The van der Waals surface area contributed by atoms with Crippen LogP contribution in [0.15, 0.2) is 42.5 Å². The van der Waals surface area contributed by atoms with Crippen molar-refractivity contribution in [2.24, 2.45) is 23.7 Å². The van der Waals surface area contributed by atoms with Crippen molar-refractivity contribution in [1.29, 1.82) is 0 Å². The number of unbranched alkanes of at least 4 members (excludes halogenated alkanes) is 2. The van der Waals surface area contributed by atoms with Crippen LogP contribution in [-0.4, -0.2) is 0 Å². The molecule has 0 bridgehead atoms. The maximum Gasteiger partial charge on any atom is 0.150 e. The molecule has 2 aliphatic carbocycles. The Morgan fingerprint density at radius 3 is 1.97 bits per heavy atom. The van der Waals surface area contributed by atoms with E-state index in [-0.39, 0.29) is 0 Å². The minimum absolute atomic E-state index is 0.694. The molecule has 2 aromatic rings. The molecule has 2 nitrogen and oxygen atoms in total. The molecule has 2 aliphatic rings. The zero-order chi connectivity index (χ0) is 23.8. The van der Waals surface area contributed by atoms with E-state index in [1.807, 2.05) is 25.1 Å². The van der Waals surface area contributed by atoms with Crippen LogP contribution in [0.2, 0.25) is 0 Å². The highest BCUT2D eigenvalue weighted by Gasteiger charge is 2.30. The van der Waals surface area contributed by atoms with Gasteiger partial charge in [0.15, 0.2) is 0 Å². The van der Waals surface area contributed by atoms with Gasteiger partial charge in [0.05, 0.1) is 5.69 Å². The minimum Gasteiger partial charge on any atom is -0.455 e.